The topological polar surface area (TPSA) is 137 Å². The summed E-state index contributed by atoms with van der Waals surface area (Å²) in [6, 6.07) is 12.5. The average molecular weight is 625 g/mol. The van der Waals surface area contributed by atoms with Gasteiger partial charge in [-0.15, -0.1) is 0 Å². The Balaban J connectivity index is 1.56. The van der Waals surface area contributed by atoms with Crippen LogP contribution in [0, 0.1) is 11.8 Å². The molecule has 1 saturated carbocycles. The lowest BCUT2D eigenvalue weighted by atomic mass is 9.98. The third-order valence-corrected chi connectivity index (χ3v) is 8.72. The highest BCUT2D eigenvalue weighted by molar-refractivity contribution is 5.85. The van der Waals surface area contributed by atoms with Crippen molar-refractivity contribution in [1.29, 1.82) is 0 Å². The lowest BCUT2D eigenvalue weighted by Crippen LogP contribution is -2.61. The Morgan fingerprint density at radius 2 is 1.67 bits per heavy atom. The van der Waals surface area contributed by atoms with E-state index >= 15 is 0 Å². The first kappa shape index (κ1) is 34.1. The minimum atomic E-state index is -1.02. The van der Waals surface area contributed by atoms with E-state index in [4.69, 9.17) is 9.57 Å². The minimum Gasteiger partial charge on any atom is -0.467 e. The molecule has 1 saturated heterocycles. The molecule has 6 atom stereocenters. The van der Waals surface area contributed by atoms with E-state index < -0.39 is 36.2 Å². The van der Waals surface area contributed by atoms with Gasteiger partial charge in [-0.25, -0.2) is 24.6 Å². The van der Waals surface area contributed by atoms with E-state index in [1.165, 1.54) is 19.3 Å². The summed E-state index contributed by atoms with van der Waals surface area (Å²) in [5.74, 6) is -0.644. The molecule has 1 aliphatic heterocycles. The zero-order valence-corrected chi connectivity index (χ0v) is 27.1. The lowest BCUT2D eigenvalue weighted by molar-refractivity contribution is -0.144. The van der Waals surface area contributed by atoms with Crippen molar-refractivity contribution < 1.29 is 29.1 Å². The molecule has 2 heterocycles. The van der Waals surface area contributed by atoms with Crippen LogP contribution in [0.4, 0.5) is 10.6 Å². The van der Waals surface area contributed by atoms with Crippen molar-refractivity contribution in [2.45, 2.75) is 89.7 Å². The normalized spacial score (nSPS) is 20.5. The molecule has 1 aromatic heterocycles. The standard InChI is InChI=1S/C33H48N6O6/c1-21(2)29(32(42)44-5)36-33(43)38-25-16-15-24(19-25)37(38)20-27(40)26(18-23-12-8-7-9-13-23)35-31(41)30(22(3)4)39(45-6)28-14-10-11-17-34-28/h7-14,17,21-22,24-27,29-30,40H,15-16,18-20H2,1-6H3,(H,35,41)(H,36,43)/t24?,25?,26-,27?,29-,30-/m0/s1. The number of aromatic nitrogens is 1. The van der Waals surface area contributed by atoms with Crippen molar-refractivity contribution in [2.24, 2.45) is 11.8 Å². The van der Waals surface area contributed by atoms with Crippen LogP contribution in [0.15, 0.2) is 54.7 Å². The highest BCUT2D eigenvalue weighted by Crippen LogP contribution is 2.38. The van der Waals surface area contributed by atoms with Crippen LogP contribution in [0.5, 0.6) is 0 Å². The molecule has 0 spiro atoms. The molecule has 1 aliphatic carbocycles. The molecule has 45 heavy (non-hydrogen) atoms. The van der Waals surface area contributed by atoms with Gasteiger partial charge in [0.2, 0.25) is 5.91 Å². The zero-order chi connectivity index (χ0) is 32.7. The Hall–Kier alpha value is -3.74. The van der Waals surface area contributed by atoms with Gasteiger partial charge in [-0.2, -0.15) is 0 Å². The molecule has 3 N–H and O–H groups in total. The van der Waals surface area contributed by atoms with Gasteiger partial charge in [0.05, 0.1) is 32.4 Å². The van der Waals surface area contributed by atoms with Crippen molar-refractivity contribution in [1.82, 2.24) is 25.6 Å². The van der Waals surface area contributed by atoms with E-state index in [0.717, 1.165) is 24.8 Å². The molecule has 2 aliphatic rings. The van der Waals surface area contributed by atoms with Crippen molar-refractivity contribution in [2.75, 3.05) is 25.8 Å². The second-order valence-corrected chi connectivity index (χ2v) is 12.5. The number of esters is 1. The van der Waals surface area contributed by atoms with Crippen LogP contribution in [-0.4, -0.2) is 95.1 Å². The predicted molar refractivity (Wildman–Crippen MR) is 170 cm³/mol. The van der Waals surface area contributed by atoms with E-state index in [9.17, 15) is 19.5 Å². The van der Waals surface area contributed by atoms with Crippen molar-refractivity contribution in [3.8, 4) is 0 Å². The molecule has 1 aromatic carbocycles. The van der Waals surface area contributed by atoms with E-state index in [0.29, 0.717) is 12.2 Å². The number of hydrogen-bond acceptors (Lipinski definition) is 9. The Bertz CT molecular complexity index is 1260. The maximum Gasteiger partial charge on any atom is 0.332 e. The van der Waals surface area contributed by atoms with E-state index in [1.54, 1.807) is 23.3 Å². The van der Waals surface area contributed by atoms with Crippen LogP contribution in [0.2, 0.25) is 0 Å². The molecule has 3 unspecified atom stereocenters. The van der Waals surface area contributed by atoms with E-state index in [1.807, 2.05) is 69.1 Å². The van der Waals surface area contributed by atoms with Gasteiger partial charge in [-0.05, 0) is 55.2 Å². The first-order valence-corrected chi connectivity index (χ1v) is 15.8. The highest BCUT2D eigenvalue weighted by atomic mass is 16.7. The monoisotopic (exact) mass is 624 g/mol. The molecule has 12 heteroatoms. The number of hydroxylamine groups is 1. The van der Waals surface area contributed by atoms with E-state index in [2.05, 4.69) is 15.6 Å². The smallest absolute Gasteiger partial charge is 0.332 e. The Morgan fingerprint density at radius 1 is 0.978 bits per heavy atom. The van der Waals surface area contributed by atoms with Crippen molar-refractivity contribution >= 4 is 23.7 Å². The first-order chi connectivity index (χ1) is 21.5. The zero-order valence-electron chi connectivity index (χ0n) is 27.1. The van der Waals surface area contributed by atoms with Crippen LogP contribution in [0.25, 0.3) is 0 Å². The summed E-state index contributed by atoms with van der Waals surface area (Å²) in [5.41, 5.74) is 0.951. The fraction of sp³-hybridized carbons (Fsp3) is 0.576. The minimum absolute atomic E-state index is 0.0335. The molecule has 3 amide bonds. The van der Waals surface area contributed by atoms with Gasteiger partial charge >= 0.3 is 12.0 Å². The van der Waals surface area contributed by atoms with Crippen LogP contribution in [0.3, 0.4) is 0 Å². The van der Waals surface area contributed by atoms with Crippen LogP contribution < -0.4 is 15.7 Å². The molecular formula is C33H48N6O6. The predicted octanol–water partition coefficient (Wildman–Crippen LogP) is 2.92. The molecular weight excluding hydrogens is 576 g/mol. The summed E-state index contributed by atoms with van der Waals surface area (Å²) in [6.07, 6.45) is 3.51. The van der Waals surface area contributed by atoms with Crippen LogP contribution >= 0.6 is 0 Å². The van der Waals surface area contributed by atoms with Gasteiger partial charge in [0.1, 0.15) is 12.1 Å². The third-order valence-electron chi connectivity index (χ3n) is 8.72. The molecule has 4 rings (SSSR count). The Labute approximate surface area is 266 Å². The number of aliphatic hydroxyl groups is 1. The van der Waals surface area contributed by atoms with Gasteiger partial charge in [0.25, 0.3) is 0 Å². The second kappa shape index (κ2) is 15.5. The maximum atomic E-state index is 14.0. The molecule has 2 aromatic rings. The Morgan fingerprint density at radius 3 is 2.27 bits per heavy atom. The molecule has 12 nitrogen and oxygen atoms in total. The highest BCUT2D eigenvalue weighted by Gasteiger charge is 2.48. The first-order valence-electron chi connectivity index (χ1n) is 15.8. The van der Waals surface area contributed by atoms with Crippen LogP contribution in [-0.2, 0) is 25.6 Å². The van der Waals surface area contributed by atoms with Crippen LogP contribution in [0.1, 0.15) is 52.5 Å². The number of nitrogens with one attached hydrogen (secondary N) is 2. The number of β-amino-alcohol motifs (C(OH)–C–C–N with tert-alkyl or cyclic N) is 1. The third kappa shape index (κ3) is 8.11. The molecule has 2 fully saturated rings. The number of benzene rings is 1. The number of aliphatic hydroxyl groups excluding tert-OH is 1. The number of nitrogens with zero attached hydrogens (tertiary/aromatic N) is 4. The number of carbonyl (C=O) groups is 3. The van der Waals surface area contributed by atoms with Gasteiger partial charge in [-0.1, -0.05) is 64.1 Å². The van der Waals surface area contributed by atoms with Gasteiger partial charge in [-0.3, -0.25) is 14.6 Å². The number of fused-ring (bicyclic) bond motifs is 2. The number of anilines is 1. The number of hydrogen-bond donors (Lipinski definition) is 3. The molecule has 246 valence electrons. The van der Waals surface area contributed by atoms with Gasteiger partial charge in [0, 0.05) is 18.8 Å². The number of rotatable bonds is 14. The average Bonchev–Trinajstić information content (AvgIpc) is 3.64. The number of carbonyl (C=O) groups excluding carboxylic acids is 3. The number of pyridine rings is 1. The number of ether oxygens (including phenoxy) is 1. The van der Waals surface area contributed by atoms with Gasteiger partial charge in [0.15, 0.2) is 5.82 Å². The fourth-order valence-corrected chi connectivity index (χ4v) is 6.41. The summed E-state index contributed by atoms with van der Waals surface area (Å²) >= 11 is 0. The second-order valence-electron chi connectivity index (χ2n) is 12.5. The Kier molecular flexibility index (Phi) is 11.8. The summed E-state index contributed by atoms with van der Waals surface area (Å²) in [5, 5.41) is 22.8. The van der Waals surface area contributed by atoms with Crippen molar-refractivity contribution in [3.05, 3.63) is 60.3 Å². The number of hydrazine groups is 1. The van der Waals surface area contributed by atoms with Crippen molar-refractivity contribution in [3.63, 3.8) is 0 Å². The molecule has 2 bridgehead atoms. The molecule has 0 radical (unpaired) electrons. The number of amides is 3. The largest absolute Gasteiger partial charge is 0.467 e. The summed E-state index contributed by atoms with van der Waals surface area (Å²) < 4.78 is 4.92. The quantitative estimate of drug-likeness (QED) is 0.214. The maximum absolute atomic E-state index is 14.0. The SMILES string of the molecule is COC(=O)[C@@H](NC(=O)N1C2CCC(C2)N1CC(O)[C@H](Cc1ccccc1)NC(=O)[C@H](C(C)C)N(OC)c1ccccn1)C(C)C. The van der Waals surface area contributed by atoms with E-state index in [-0.39, 0.29) is 36.4 Å². The number of urea groups is 1. The van der Waals surface area contributed by atoms with Gasteiger partial charge < -0.3 is 20.5 Å². The summed E-state index contributed by atoms with van der Waals surface area (Å²) in [4.78, 5) is 50.0. The fourth-order valence-electron chi connectivity index (χ4n) is 6.41. The summed E-state index contributed by atoms with van der Waals surface area (Å²) in [6.45, 7) is 7.67. The lowest BCUT2D eigenvalue weighted by Gasteiger charge is -2.41. The number of methoxy groups -OCH3 is 1. The summed E-state index contributed by atoms with van der Waals surface area (Å²) in [7, 11) is 2.80.